The molecule has 0 fully saturated rings. The number of pyridine rings is 1. The van der Waals surface area contributed by atoms with E-state index >= 15 is 0 Å². The maximum absolute atomic E-state index is 12.7. The number of hydrogen-bond donors (Lipinski definition) is 2. The SMILES string of the molecule is Cn1c(=O)cc(-c2ccccc2)c2cc(C(N)(c3cccc(Cl)c3)c3cnc[nH]3)ccc21. The first-order chi connectivity index (χ1) is 15.5. The normalized spacial score (nSPS) is 13.2. The van der Waals surface area contributed by atoms with Crippen molar-refractivity contribution in [3.8, 4) is 11.1 Å². The molecule has 0 saturated carbocycles. The van der Waals surface area contributed by atoms with Gasteiger partial charge in [0.05, 0.1) is 23.7 Å². The lowest BCUT2D eigenvalue weighted by molar-refractivity contribution is 0.633. The highest BCUT2D eigenvalue weighted by atomic mass is 35.5. The molecule has 0 bridgehead atoms. The van der Waals surface area contributed by atoms with Crippen molar-refractivity contribution in [3.05, 3.63) is 124 Å². The third-order valence-electron chi connectivity index (χ3n) is 5.99. The van der Waals surface area contributed by atoms with E-state index in [1.807, 2.05) is 66.7 Å². The van der Waals surface area contributed by atoms with E-state index in [0.29, 0.717) is 5.02 Å². The van der Waals surface area contributed by atoms with Crippen LogP contribution in [0.5, 0.6) is 0 Å². The van der Waals surface area contributed by atoms with Crippen LogP contribution in [0.25, 0.3) is 22.0 Å². The lowest BCUT2D eigenvalue weighted by atomic mass is 9.80. The number of nitrogens with one attached hydrogen (secondary N) is 1. The molecule has 32 heavy (non-hydrogen) atoms. The van der Waals surface area contributed by atoms with Crippen molar-refractivity contribution in [2.75, 3.05) is 0 Å². The molecule has 3 aromatic carbocycles. The first-order valence-corrected chi connectivity index (χ1v) is 10.6. The van der Waals surface area contributed by atoms with Gasteiger partial charge in [-0.3, -0.25) is 4.79 Å². The molecule has 158 valence electrons. The Labute approximate surface area is 190 Å². The Kier molecular flexibility index (Phi) is 4.93. The Hall–Kier alpha value is -3.67. The van der Waals surface area contributed by atoms with Crippen molar-refractivity contribution in [1.29, 1.82) is 0 Å². The lowest BCUT2D eigenvalue weighted by Gasteiger charge is -2.30. The van der Waals surface area contributed by atoms with Crippen molar-refractivity contribution in [2.45, 2.75) is 5.54 Å². The molecule has 0 aliphatic carbocycles. The summed E-state index contributed by atoms with van der Waals surface area (Å²) in [5.41, 5.74) is 11.1. The third-order valence-corrected chi connectivity index (χ3v) is 6.22. The van der Waals surface area contributed by atoms with Gasteiger partial charge in [-0.05, 0) is 46.5 Å². The molecule has 2 aromatic heterocycles. The second kappa shape index (κ2) is 7.79. The molecule has 2 heterocycles. The number of aryl methyl sites for hydroxylation is 1. The summed E-state index contributed by atoms with van der Waals surface area (Å²) in [7, 11) is 1.78. The average Bonchev–Trinajstić information content (AvgIpc) is 3.37. The molecule has 3 N–H and O–H groups in total. The molecular formula is C26H21ClN4O. The standard InChI is InChI=1S/C26H21ClN4O/c1-31-23-11-10-19(13-22(23)21(14-25(31)32)17-6-3-2-4-7-17)26(28,24-15-29-16-30-24)18-8-5-9-20(27)12-18/h2-16H,28H2,1H3,(H,29,30). The number of nitrogens with two attached hydrogens (primary N) is 1. The Morgan fingerprint density at radius 3 is 2.47 bits per heavy atom. The zero-order chi connectivity index (χ0) is 22.3. The van der Waals surface area contributed by atoms with Gasteiger partial charge in [-0.25, -0.2) is 4.98 Å². The lowest BCUT2D eigenvalue weighted by Crippen LogP contribution is -2.39. The van der Waals surface area contributed by atoms with Crippen LogP contribution >= 0.6 is 11.6 Å². The zero-order valence-electron chi connectivity index (χ0n) is 17.4. The molecule has 5 nitrogen and oxygen atoms in total. The number of halogens is 1. The summed E-state index contributed by atoms with van der Waals surface area (Å²) in [5.74, 6) is 0. The summed E-state index contributed by atoms with van der Waals surface area (Å²) in [6, 6.07) is 25.1. The fourth-order valence-corrected chi connectivity index (χ4v) is 4.44. The number of fused-ring (bicyclic) bond motifs is 1. The summed E-state index contributed by atoms with van der Waals surface area (Å²) < 4.78 is 1.65. The van der Waals surface area contributed by atoms with Gasteiger partial charge in [-0.15, -0.1) is 0 Å². The highest BCUT2D eigenvalue weighted by Crippen LogP contribution is 2.37. The van der Waals surface area contributed by atoms with Crippen LogP contribution in [-0.2, 0) is 12.6 Å². The maximum atomic E-state index is 12.7. The van der Waals surface area contributed by atoms with Crippen molar-refractivity contribution in [2.24, 2.45) is 12.8 Å². The fraction of sp³-hybridized carbons (Fsp3) is 0.0769. The van der Waals surface area contributed by atoms with Crippen molar-refractivity contribution < 1.29 is 0 Å². The van der Waals surface area contributed by atoms with Crippen molar-refractivity contribution in [3.63, 3.8) is 0 Å². The van der Waals surface area contributed by atoms with Gasteiger partial charge in [0.1, 0.15) is 5.54 Å². The topological polar surface area (TPSA) is 76.7 Å². The monoisotopic (exact) mass is 440 g/mol. The van der Waals surface area contributed by atoms with E-state index in [-0.39, 0.29) is 5.56 Å². The largest absolute Gasteiger partial charge is 0.346 e. The number of hydrogen-bond acceptors (Lipinski definition) is 3. The molecule has 0 saturated heterocycles. The van der Waals surface area contributed by atoms with Crippen LogP contribution < -0.4 is 11.3 Å². The quantitative estimate of drug-likeness (QED) is 0.420. The van der Waals surface area contributed by atoms with E-state index in [2.05, 4.69) is 16.0 Å². The third kappa shape index (κ3) is 3.23. The van der Waals surface area contributed by atoms with E-state index in [1.165, 1.54) is 0 Å². The van der Waals surface area contributed by atoms with E-state index in [0.717, 1.165) is 38.9 Å². The number of nitrogens with zero attached hydrogens (tertiary/aromatic N) is 2. The van der Waals surface area contributed by atoms with Crippen LogP contribution in [-0.4, -0.2) is 14.5 Å². The van der Waals surface area contributed by atoms with Crippen LogP contribution in [0.3, 0.4) is 0 Å². The maximum Gasteiger partial charge on any atom is 0.251 e. The van der Waals surface area contributed by atoms with Gasteiger partial charge in [-0.1, -0.05) is 60.1 Å². The Morgan fingerprint density at radius 2 is 1.75 bits per heavy atom. The number of imidazole rings is 1. The first kappa shape index (κ1) is 20.2. The second-order valence-corrected chi connectivity index (χ2v) is 8.27. The van der Waals surface area contributed by atoms with Gasteiger partial charge >= 0.3 is 0 Å². The Morgan fingerprint density at radius 1 is 0.969 bits per heavy atom. The van der Waals surface area contributed by atoms with Gasteiger partial charge in [0.25, 0.3) is 5.56 Å². The van der Waals surface area contributed by atoms with Crippen LogP contribution in [0.4, 0.5) is 0 Å². The van der Waals surface area contributed by atoms with Gasteiger partial charge < -0.3 is 15.3 Å². The summed E-state index contributed by atoms with van der Waals surface area (Å²) in [5, 5.41) is 1.54. The molecule has 5 rings (SSSR count). The predicted molar refractivity (Wildman–Crippen MR) is 129 cm³/mol. The number of aromatic nitrogens is 3. The molecule has 6 heteroatoms. The average molecular weight is 441 g/mol. The fourth-order valence-electron chi connectivity index (χ4n) is 4.25. The molecule has 1 unspecified atom stereocenters. The van der Waals surface area contributed by atoms with Crippen molar-refractivity contribution >= 4 is 22.5 Å². The predicted octanol–water partition coefficient (Wildman–Crippen LogP) is 4.83. The summed E-state index contributed by atoms with van der Waals surface area (Å²) in [6.07, 6.45) is 3.34. The molecule has 0 aliphatic heterocycles. The van der Waals surface area contributed by atoms with Crippen LogP contribution in [0.2, 0.25) is 5.02 Å². The molecule has 0 radical (unpaired) electrons. The number of rotatable bonds is 4. The van der Waals surface area contributed by atoms with E-state index < -0.39 is 5.54 Å². The summed E-state index contributed by atoms with van der Waals surface area (Å²) >= 11 is 6.32. The summed E-state index contributed by atoms with van der Waals surface area (Å²) in [4.78, 5) is 20.0. The van der Waals surface area contributed by atoms with Gasteiger partial charge in [0.2, 0.25) is 0 Å². The molecule has 5 aromatic rings. The Balaban J connectivity index is 1.83. The van der Waals surface area contributed by atoms with E-state index in [4.69, 9.17) is 17.3 Å². The van der Waals surface area contributed by atoms with Crippen LogP contribution in [0.15, 0.2) is 96.2 Å². The van der Waals surface area contributed by atoms with Crippen molar-refractivity contribution in [1.82, 2.24) is 14.5 Å². The van der Waals surface area contributed by atoms with Gasteiger partial charge in [0.15, 0.2) is 0 Å². The zero-order valence-corrected chi connectivity index (χ0v) is 18.2. The minimum atomic E-state index is -1.02. The van der Waals surface area contributed by atoms with Crippen LogP contribution in [0, 0.1) is 0 Å². The number of aromatic amines is 1. The number of benzene rings is 3. The molecule has 0 amide bonds. The van der Waals surface area contributed by atoms with Gasteiger partial charge in [-0.2, -0.15) is 0 Å². The molecular weight excluding hydrogens is 420 g/mol. The van der Waals surface area contributed by atoms with Gasteiger partial charge in [0, 0.05) is 23.5 Å². The minimum Gasteiger partial charge on any atom is -0.346 e. The molecule has 1 atom stereocenters. The minimum absolute atomic E-state index is 0.0634. The highest BCUT2D eigenvalue weighted by Gasteiger charge is 2.34. The van der Waals surface area contributed by atoms with E-state index in [9.17, 15) is 4.79 Å². The molecule has 0 spiro atoms. The number of H-pyrrole nitrogens is 1. The highest BCUT2D eigenvalue weighted by molar-refractivity contribution is 6.30. The Bertz CT molecular complexity index is 1480. The smallest absolute Gasteiger partial charge is 0.251 e. The first-order valence-electron chi connectivity index (χ1n) is 10.2. The van der Waals surface area contributed by atoms with Crippen LogP contribution in [0.1, 0.15) is 16.8 Å². The summed E-state index contributed by atoms with van der Waals surface area (Å²) in [6.45, 7) is 0. The second-order valence-electron chi connectivity index (χ2n) is 7.84. The van der Waals surface area contributed by atoms with E-state index in [1.54, 1.807) is 30.2 Å². The molecule has 0 aliphatic rings.